The molecule has 1 rings (SSSR count). The Morgan fingerprint density at radius 3 is 1.91 bits per heavy atom. The van der Waals surface area contributed by atoms with Crippen molar-refractivity contribution in [2.75, 3.05) is 5.43 Å². The Morgan fingerprint density at radius 1 is 1.09 bits per heavy atom. The number of hydrogen-bond donors (Lipinski definition) is 2. The number of benzene rings is 1. The third-order valence-corrected chi connectivity index (χ3v) is 1.82. The first-order chi connectivity index (χ1) is 5.15. The van der Waals surface area contributed by atoms with Crippen LogP contribution in [0, 0.1) is 20.8 Å². The van der Waals surface area contributed by atoms with Gasteiger partial charge in [0, 0.05) is 0 Å². The van der Waals surface area contributed by atoms with Gasteiger partial charge in [0.1, 0.15) is 0 Å². The van der Waals surface area contributed by atoms with Crippen LogP contribution in [0.1, 0.15) is 16.7 Å². The lowest BCUT2D eigenvalue weighted by molar-refractivity contribution is 1.25. The van der Waals surface area contributed by atoms with Crippen LogP contribution < -0.4 is 11.3 Å². The SMILES string of the molecule is Cc1cc(C)c(NN)c(C)c1. The van der Waals surface area contributed by atoms with E-state index in [1.807, 2.05) is 0 Å². The highest BCUT2D eigenvalue weighted by Crippen LogP contribution is 2.20. The monoisotopic (exact) mass is 150 g/mol. The average Bonchev–Trinajstić information content (AvgIpc) is 1.85. The molecule has 1 aromatic carbocycles. The zero-order valence-electron chi connectivity index (χ0n) is 7.23. The third-order valence-electron chi connectivity index (χ3n) is 1.82. The highest BCUT2D eigenvalue weighted by Gasteiger charge is 1.99. The maximum atomic E-state index is 5.35. The quantitative estimate of drug-likeness (QED) is 0.474. The minimum Gasteiger partial charge on any atom is -0.324 e. The Hall–Kier alpha value is -1.02. The van der Waals surface area contributed by atoms with Crippen molar-refractivity contribution < 1.29 is 0 Å². The second-order valence-corrected chi connectivity index (χ2v) is 2.92. The smallest absolute Gasteiger partial charge is 0.0543 e. The summed E-state index contributed by atoms with van der Waals surface area (Å²) in [7, 11) is 0. The Morgan fingerprint density at radius 2 is 1.55 bits per heavy atom. The van der Waals surface area contributed by atoms with E-state index in [0.717, 1.165) is 5.69 Å². The lowest BCUT2D eigenvalue weighted by Gasteiger charge is -2.09. The van der Waals surface area contributed by atoms with Gasteiger partial charge in [-0.3, -0.25) is 5.84 Å². The Bertz CT molecular complexity index is 243. The van der Waals surface area contributed by atoms with Gasteiger partial charge in [-0.05, 0) is 31.9 Å². The lowest BCUT2D eigenvalue weighted by atomic mass is 10.1. The molecule has 0 aliphatic rings. The predicted molar refractivity (Wildman–Crippen MR) is 48.5 cm³/mol. The van der Waals surface area contributed by atoms with Crippen LogP contribution in [0.15, 0.2) is 12.1 Å². The largest absolute Gasteiger partial charge is 0.324 e. The molecule has 3 N–H and O–H groups in total. The van der Waals surface area contributed by atoms with E-state index in [0.29, 0.717) is 0 Å². The Labute approximate surface area is 67.4 Å². The first-order valence-electron chi connectivity index (χ1n) is 3.69. The maximum Gasteiger partial charge on any atom is 0.0543 e. The van der Waals surface area contributed by atoms with Crippen LogP contribution in [0.3, 0.4) is 0 Å². The molecule has 0 bridgehead atoms. The molecular formula is C9H14N2. The molecule has 11 heavy (non-hydrogen) atoms. The zero-order valence-corrected chi connectivity index (χ0v) is 7.23. The van der Waals surface area contributed by atoms with Gasteiger partial charge in [0.2, 0.25) is 0 Å². The number of nitrogens with one attached hydrogen (secondary N) is 1. The second-order valence-electron chi connectivity index (χ2n) is 2.92. The maximum absolute atomic E-state index is 5.35. The highest BCUT2D eigenvalue weighted by atomic mass is 15.2. The van der Waals surface area contributed by atoms with Gasteiger partial charge >= 0.3 is 0 Å². The summed E-state index contributed by atoms with van der Waals surface area (Å²) in [5.41, 5.74) is 7.40. The average molecular weight is 150 g/mol. The summed E-state index contributed by atoms with van der Waals surface area (Å²) in [6.07, 6.45) is 0. The summed E-state index contributed by atoms with van der Waals surface area (Å²) in [4.78, 5) is 0. The van der Waals surface area contributed by atoms with Gasteiger partial charge < -0.3 is 5.43 Å². The first kappa shape index (κ1) is 8.08. The molecule has 1 aromatic rings. The van der Waals surface area contributed by atoms with Gasteiger partial charge in [0.25, 0.3) is 0 Å². The van der Waals surface area contributed by atoms with Gasteiger partial charge in [-0.2, -0.15) is 0 Å². The van der Waals surface area contributed by atoms with Gasteiger partial charge in [0.15, 0.2) is 0 Å². The minimum absolute atomic E-state index is 1.04. The van der Waals surface area contributed by atoms with Gasteiger partial charge in [-0.15, -0.1) is 0 Å². The number of rotatable bonds is 1. The minimum atomic E-state index is 1.04. The van der Waals surface area contributed by atoms with Crippen molar-refractivity contribution in [1.82, 2.24) is 0 Å². The third kappa shape index (κ3) is 1.52. The first-order valence-corrected chi connectivity index (χ1v) is 3.69. The summed E-state index contributed by atoms with van der Waals surface area (Å²) in [5, 5.41) is 0. The van der Waals surface area contributed by atoms with E-state index >= 15 is 0 Å². The molecule has 0 spiro atoms. The number of hydrogen-bond acceptors (Lipinski definition) is 2. The summed E-state index contributed by atoms with van der Waals surface area (Å²) in [5.74, 6) is 5.35. The molecule has 0 aliphatic heterocycles. The van der Waals surface area contributed by atoms with Crippen molar-refractivity contribution in [3.63, 3.8) is 0 Å². The molecule has 0 radical (unpaired) electrons. The van der Waals surface area contributed by atoms with E-state index in [2.05, 4.69) is 38.3 Å². The van der Waals surface area contributed by atoms with Crippen LogP contribution in [-0.4, -0.2) is 0 Å². The van der Waals surface area contributed by atoms with Crippen LogP contribution in [0.2, 0.25) is 0 Å². The normalized spacial score (nSPS) is 9.82. The Kier molecular flexibility index (Phi) is 2.15. The highest BCUT2D eigenvalue weighted by molar-refractivity contribution is 5.57. The number of aryl methyl sites for hydroxylation is 3. The van der Waals surface area contributed by atoms with E-state index in [4.69, 9.17) is 5.84 Å². The molecule has 0 fully saturated rings. The molecule has 0 aromatic heterocycles. The number of hydrazine groups is 1. The molecule has 0 amide bonds. The summed E-state index contributed by atoms with van der Waals surface area (Å²) in [6.45, 7) is 6.19. The van der Waals surface area contributed by atoms with Gasteiger partial charge in [0.05, 0.1) is 5.69 Å². The van der Waals surface area contributed by atoms with Crippen LogP contribution in [0.4, 0.5) is 5.69 Å². The topological polar surface area (TPSA) is 38.0 Å². The number of anilines is 1. The van der Waals surface area contributed by atoms with Crippen molar-refractivity contribution >= 4 is 5.69 Å². The summed E-state index contributed by atoms with van der Waals surface area (Å²) >= 11 is 0. The molecule has 0 saturated heterocycles. The molecule has 0 unspecified atom stereocenters. The van der Waals surface area contributed by atoms with Crippen LogP contribution >= 0.6 is 0 Å². The predicted octanol–water partition coefficient (Wildman–Crippen LogP) is 1.90. The molecular weight excluding hydrogens is 136 g/mol. The molecule has 0 aliphatic carbocycles. The van der Waals surface area contributed by atoms with Crippen LogP contribution in [0.25, 0.3) is 0 Å². The van der Waals surface area contributed by atoms with Crippen molar-refractivity contribution in [2.45, 2.75) is 20.8 Å². The van der Waals surface area contributed by atoms with E-state index in [9.17, 15) is 0 Å². The standard InChI is InChI=1S/C9H14N2/c1-6-4-7(2)9(11-10)8(3)5-6/h4-5,11H,10H2,1-3H3. The fourth-order valence-corrected chi connectivity index (χ4v) is 1.41. The number of nitrogens with two attached hydrogens (primary N) is 1. The lowest BCUT2D eigenvalue weighted by Crippen LogP contribution is -2.09. The van der Waals surface area contributed by atoms with Crippen molar-refractivity contribution in [1.29, 1.82) is 0 Å². The Balaban J connectivity index is 3.25. The zero-order chi connectivity index (χ0) is 8.43. The molecule has 2 nitrogen and oxygen atoms in total. The van der Waals surface area contributed by atoms with Crippen LogP contribution in [0.5, 0.6) is 0 Å². The summed E-state index contributed by atoms with van der Waals surface area (Å²) in [6, 6.07) is 4.23. The van der Waals surface area contributed by atoms with E-state index in [1.54, 1.807) is 0 Å². The van der Waals surface area contributed by atoms with Crippen LogP contribution in [-0.2, 0) is 0 Å². The second kappa shape index (κ2) is 2.93. The molecule has 2 heteroatoms. The van der Waals surface area contributed by atoms with Crippen molar-refractivity contribution in [3.05, 3.63) is 28.8 Å². The van der Waals surface area contributed by atoms with E-state index in [1.165, 1.54) is 16.7 Å². The van der Waals surface area contributed by atoms with Gasteiger partial charge in [-0.25, -0.2) is 0 Å². The summed E-state index contributed by atoms with van der Waals surface area (Å²) < 4.78 is 0. The molecule has 0 atom stereocenters. The molecule has 0 saturated carbocycles. The number of nitrogen functional groups attached to an aromatic ring is 1. The van der Waals surface area contributed by atoms with E-state index in [-0.39, 0.29) is 0 Å². The van der Waals surface area contributed by atoms with Crippen molar-refractivity contribution in [3.8, 4) is 0 Å². The fourth-order valence-electron chi connectivity index (χ4n) is 1.41. The van der Waals surface area contributed by atoms with Crippen molar-refractivity contribution in [2.24, 2.45) is 5.84 Å². The molecule has 0 heterocycles. The fraction of sp³-hybridized carbons (Fsp3) is 0.333. The van der Waals surface area contributed by atoms with E-state index < -0.39 is 0 Å². The van der Waals surface area contributed by atoms with Gasteiger partial charge in [-0.1, -0.05) is 17.7 Å². The molecule has 60 valence electrons.